The summed E-state index contributed by atoms with van der Waals surface area (Å²) in [5.74, 6) is 0.461. The van der Waals surface area contributed by atoms with Crippen molar-refractivity contribution in [1.29, 1.82) is 0 Å². The average Bonchev–Trinajstić information content (AvgIpc) is 2.93. The lowest BCUT2D eigenvalue weighted by molar-refractivity contribution is 0.954. The maximum atomic E-state index is 11.9. The van der Waals surface area contributed by atoms with E-state index in [4.69, 9.17) is 5.73 Å². The van der Waals surface area contributed by atoms with Crippen LogP contribution in [0.1, 0.15) is 5.69 Å². The fraction of sp³-hybridized carbons (Fsp3) is 0.154. The maximum absolute atomic E-state index is 11.9. The first-order valence-electron chi connectivity index (χ1n) is 6.13. The molecule has 0 spiro atoms. The van der Waals surface area contributed by atoms with E-state index in [2.05, 4.69) is 20.3 Å². The lowest BCUT2D eigenvalue weighted by atomic mass is 10.2. The topological polar surface area (TPSA) is 96.7 Å². The van der Waals surface area contributed by atoms with E-state index in [0.29, 0.717) is 29.1 Å². The van der Waals surface area contributed by atoms with Crippen molar-refractivity contribution in [3.05, 3.63) is 45.1 Å². The Labute approximate surface area is 118 Å². The molecule has 0 amide bonds. The van der Waals surface area contributed by atoms with Gasteiger partial charge in [-0.15, -0.1) is 11.3 Å². The van der Waals surface area contributed by atoms with Gasteiger partial charge in [0.1, 0.15) is 0 Å². The molecule has 0 bridgehead atoms. The molecule has 0 aliphatic heterocycles. The number of benzene rings is 1. The van der Waals surface area contributed by atoms with Crippen molar-refractivity contribution in [2.75, 3.05) is 17.6 Å². The molecule has 0 aliphatic carbocycles. The highest BCUT2D eigenvalue weighted by Gasteiger charge is 2.04. The van der Waals surface area contributed by atoms with Crippen molar-refractivity contribution in [1.82, 2.24) is 15.0 Å². The summed E-state index contributed by atoms with van der Waals surface area (Å²) in [6, 6.07) is 5.10. The molecule has 0 saturated heterocycles. The second-order valence-corrected chi connectivity index (χ2v) is 5.07. The van der Waals surface area contributed by atoms with Crippen LogP contribution in [0.5, 0.6) is 0 Å². The molecule has 0 saturated carbocycles. The van der Waals surface area contributed by atoms with Crippen LogP contribution in [0.3, 0.4) is 0 Å². The summed E-state index contributed by atoms with van der Waals surface area (Å²) in [5, 5.41) is 5.59. The van der Waals surface area contributed by atoms with Crippen LogP contribution in [0.25, 0.3) is 10.9 Å². The Morgan fingerprint density at radius 1 is 1.40 bits per heavy atom. The van der Waals surface area contributed by atoms with Crippen LogP contribution in [0.15, 0.2) is 33.9 Å². The van der Waals surface area contributed by atoms with Gasteiger partial charge in [-0.3, -0.25) is 9.78 Å². The third kappa shape index (κ3) is 2.62. The van der Waals surface area contributed by atoms with Crippen molar-refractivity contribution in [2.45, 2.75) is 6.42 Å². The first-order chi connectivity index (χ1) is 9.72. The Hall–Kier alpha value is -2.41. The Morgan fingerprint density at radius 3 is 3.10 bits per heavy atom. The molecule has 7 heteroatoms. The second-order valence-electron chi connectivity index (χ2n) is 4.35. The number of thiazole rings is 1. The molecule has 0 aliphatic rings. The van der Waals surface area contributed by atoms with Crippen LogP contribution >= 0.6 is 11.3 Å². The predicted octanol–water partition coefficient (Wildman–Crippen LogP) is 1.62. The van der Waals surface area contributed by atoms with Gasteiger partial charge in [-0.1, -0.05) is 0 Å². The fourth-order valence-corrected chi connectivity index (χ4v) is 2.50. The molecule has 0 unspecified atom stereocenters. The van der Waals surface area contributed by atoms with Crippen molar-refractivity contribution in [3.63, 3.8) is 0 Å². The highest BCUT2D eigenvalue weighted by molar-refractivity contribution is 7.07. The zero-order valence-electron chi connectivity index (χ0n) is 10.6. The summed E-state index contributed by atoms with van der Waals surface area (Å²) in [4.78, 5) is 23.2. The summed E-state index contributed by atoms with van der Waals surface area (Å²) < 4.78 is 0. The molecule has 0 fully saturated rings. The molecule has 2 aromatic heterocycles. The first-order valence-corrected chi connectivity index (χ1v) is 7.07. The molecular formula is C13H13N5OS. The van der Waals surface area contributed by atoms with Gasteiger partial charge in [-0.05, 0) is 18.2 Å². The van der Waals surface area contributed by atoms with Crippen molar-refractivity contribution < 1.29 is 0 Å². The number of hydrogen-bond acceptors (Lipinski definition) is 6. The fourth-order valence-electron chi connectivity index (χ4n) is 1.91. The maximum Gasteiger partial charge on any atom is 0.260 e. The minimum absolute atomic E-state index is 0.196. The quantitative estimate of drug-likeness (QED) is 0.633. The molecule has 0 radical (unpaired) electrons. The smallest absolute Gasteiger partial charge is 0.260 e. The minimum atomic E-state index is -0.196. The number of nitrogen functional groups attached to an aromatic ring is 1. The number of nitrogens with zero attached hydrogens (tertiary/aromatic N) is 2. The molecule has 1 aromatic carbocycles. The molecule has 4 N–H and O–H groups in total. The molecule has 20 heavy (non-hydrogen) atoms. The molecule has 6 nitrogen and oxygen atoms in total. The average molecular weight is 287 g/mol. The van der Waals surface area contributed by atoms with Crippen LogP contribution in [-0.2, 0) is 6.42 Å². The number of hydrogen-bond donors (Lipinski definition) is 3. The highest BCUT2D eigenvalue weighted by atomic mass is 32.1. The summed E-state index contributed by atoms with van der Waals surface area (Å²) in [6.07, 6.45) is 0.785. The number of fused-ring (bicyclic) bond motifs is 1. The van der Waals surface area contributed by atoms with E-state index >= 15 is 0 Å². The van der Waals surface area contributed by atoms with E-state index in [9.17, 15) is 4.79 Å². The Kier molecular flexibility index (Phi) is 3.34. The van der Waals surface area contributed by atoms with E-state index < -0.39 is 0 Å². The largest absolute Gasteiger partial charge is 0.399 e. The number of H-pyrrole nitrogens is 1. The Balaban J connectivity index is 1.78. The van der Waals surface area contributed by atoms with Gasteiger partial charge < -0.3 is 11.1 Å². The number of aromatic nitrogens is 3. The third-order valence-electron chi connectivity index (χ3n) is 2.89. The standard InChI is InChI=1S/C13H13N5OS/c14-8-1-2-11-10(5-8)12(19)18-13(17-11)15-4-3-9-6-20-7-16-9/h1-2,5-7H,3-4,14H2,(H2,15,17,18,19). The minimum Gasteiger partial charge on any atom is -0.399 e. The first kappa shape index (κ1) is 12.6. The molecule has 2 heterocycles. The number of nitrogens with two attached hydrogens (primary N) is 1. The zero-order valence-corrected chi connectivity index (χ0v) is 11.4. The second kappa shape index (κ2) is 5.30. The lowest BCUT2D eigenvalue weighted by Gasteiger charge is -2.05. The molecule has 3 rings (SSSR count). The summed E-state index contributed by atoms with van der Waals surface area (Å²) >= 11 is 1.57. The summed E-state index contributed by atoms with van der Waals surface area (Å²) in [5.41, 5.74) is 9.47. The number of nitrogens with one attached hydrogen (secondary N) is 2. The van der Waals surface area contributed by atoms with Gasteiger partial charge in [0.15, 0.2) is 0 Å². The SMILES string of the molecule is Nc1ccc2nc(NCCc3cscn3)[nH]c(=O)c2c1. The predicted molar refractivity (Wildman–Crippen MR) is 81.1 cm³/mol. The van der Waals surface area contributed by atoms with Crippen molar-refractivity contribution in [2.24, 2.45) is 0 Å². The van der Waals surface area contributed by atoms with Gasteiger partial charge in [0.2, 0.25) is 5.95 Å². The van der Waals surface area contributed by atoms with Crippen LogP contribution in [0.2, 0.25) is 0 Å². The summed E-state index contributed by atoms with van der Waals surface area (Å²) in [6.45, 7) is 0.660. The number of rotatable bonds is 4. The molecule has 3 aromatic rings. The molecule has 102 valence electrons. The summed E-state index contributed by atoms with van der Waals surface area (Å²) in [7, 11) is 0. The van der Waals surface area contributed by atoms with E-state index in [1.165, 1.54) is 0 Å². The van der Waals surface area contributed by atoms with Gasteiger partial charge in [0.05, 0.1) is 22.1 Å². The lowest BCUT2D eigenvalue weighted by Crippen LogP contribution is -2.15. The van der Waals surface area contributed by atoms with Crippen LogP contribution in [-0.4, -0.2) is 21.5 Å². The Bertz CT molecular complexity index is 781. The van der Waals surface area contributed by atoms with Crippen molar-refractivity contribution >= 4 is 33.9 Å². The van der Waals surface area contributed by atoms with Gasteiger partial charge in [-0.2, -0.15) is 0 Å². The highest BCUT2D eigenvalue weighted by Crippen LogP contribution is 2.12. The van der Waals surface area contributed by atoms with Crippen molar-refractivity contribution in [3.8, 4) is 0 Å². The Morgan fingerprint density at radius 2 is 2.30 bits per heavy atom. The van der Waals surface area contributed by atoms with Gasteiger partial charge in [0.25, 0.3) is 5.56 Å². The monoisotopic (exact) mass is 287 g/mol. The van der Waals surface area contributed by atoms with E-state index in [1.807, 2.05) is 5.38 Å². The van der Waals surface area contributed by atoms with Crippen LogP contribution in [0, 0.1) is 0 Å². The number of anilines is 2. The van der Waals surface area contributed by atoms with Crippen LogP contribution < -0.4 is 16.6 Å². The number of aromatic amines is 1. The van der Waals surface area contributed by atoms with E-state index in [0.717, 1.165) is 12.1 Å². The van der Waals surface area contributed by atoms with E-state index in [1.54, 1.807) is 35.0 Å². The normalized spacial score (nSPS) is 10.8. The molecule has 0 atom stereocenters. The van der Waals surface area contributed by atoms with Gasteiger partial charge in [0, 0.05) is 24.0 Å². The molecular weight excluding hydrogens is 274 g/mol. The van der Waals surface area contributed by atoms with Gasteiger partial charge >= 0.3 is 0 Å². The van der Waals surface area contributed by atoms with Gasteiger partial charge in [-0.25, -0.2) is 9.97 Å². The zero-order chi connectivity index (χ0) is 13.9. The van der Waals surface area contributed by atoms with E-state index in [-0.39, 0.29) is 5.56 Å². The third-order valence-corrected chi connectivity index (χ3v) is 3.52. The van der Waals surface area contributed by atoms with Crippen LogP contribution in [0.4, 0.5) is 11.6 Å².